The second-order valence-electron chi connectivity index (χ2n) is 4.63. The molecule has 0 aromatic heterocycles. The molecule has 122 valence electrons. The summed E-state index contributed by atoms with van der Waals surface area (Å²) < 4.78 is 34.6. The molecule has 1 N–H and O–H groups in total. The molecule has 0 fully saturated rings. The van der Waals surface area contributed by atoms with Gasteiger partial charge in [0.25, 0.3) is 5.91 Å². The van der Waals surface area contributed by atoms with E-state index >= 15 is 0 Å². The van der Waals surface area contributed by atoms with Crippen molar-refractivity contribution < 1.29 is 22.7 Å². The van der Waals surface area contributed by atoms with Crippen molar-refractivity contribution in [2.24, 2.45) is 0 Å². The number of sulfonamides is 1. The Hall–Kier alpha value is -2.25. The number of methoxy groups -OCH3 is 1. The quantitative estimate of drug-likeness (QED) is 0.891. The zero-order valence-corrected chi connectivity index (χ0v) is 13.9. The molecule has 0 spiro atoms. The summed E-state index contributed by atoms with van der Waals surface area (Å²) in [7, 11) is -2.07. The molecular formula is C15H14ClNO5S. The minimum atomic E-state index is -3.64. The Kier molecular flexibility index (Phi) is 5.12. The molecule has 1 amide bonds. The summed E-state index contributed by atoms with van der Waals surface area (Å²) in [5.74, 6) is 0.815. The van der Waals surface area contributed by atoms with Gasteiger partial charge in [-0.3, -0.25) is 4.79 Å². The minimum absolute atomic E-state index is 0.113. The van der Waals surface area contributed by atoms with E-state index in [9.17, 15) is 13.2 Å². The Morgan fingerprint density at radius 1 is 1.09 bits per heavy atom. The molecule has 23 heavy (non-hydrogen) atoms. The van der Waals surface area contributed by atoms with E-state index in [0.29, 0.717) is 17.2 Å². The van der Waals surface area contributed by atoms with Crippen molar-refractivity contribution >= 4 is 27.5 Å². The van der Waals surface area contributed by atoms with E-state index in [2.05, 4.69) is 0 Å². The van der Waals surface area contributed by atoms with Crippen LogP contribution in [0, 0.1) is 0 Å². The van der Waals surface area contributed by atoms with E-state index in [0.717, 1.165) is 6.26 Å². The first kappa shape index (κ1) is 17.1. The molecular weight excluding hydrogens is 342 g/mol. The molecule has 0 aliphatic rings. The van der Waals surface area contributed by atoms with Crippen LogP contribution >= 0.6 is 11.6 Å². The summed E-state index contributed by atoms with van der Waals surface area (Å²) in [6, 6.07) is 11.1. The third-order valence-corrected chi connectivity index (χ3v) is 3.61. The van der Waals surface area contributed by atoms with Crippen molar-refractivity contribution in [1.29, 1.82) is 0 Å². The molecule has 0 saturated heterocycles. The lowest BCUT2D eigenvalue weighted by Crippen LogP contribution is -2.29. The number of carbonyl (C=O) groups excluding carboxylic acids is 1. The number of carbonyl (C=O) groups is 1. The summed E-state index contributed by atoms with van der Waals surface area (Å²) in [4.78, 5) is 11.7. The first-order valence-electron chi connectivity index (χ1n) is 6.42. The van der Waals surface area contributed by atoms with E-state index in [4.69, 9.17) is 21.1 Å². The smallest absolute Gasteiger partial charge is 0.264 e. The van der Waals surface area contributed by atoms with Gasteiger partial charge in [0, 0.05) is 5.56 Å². The zero-order valence-electron chi connectivity index (χ0n) is 12.4. The average Bonchev–Trinajstić information content (AvgIpc) is 2.48. The van der Waals surface area contributed by atoms with E-state index < -0.39 is 15.9 Å². The van der Waals surface area contributed by atoms with Gasteiger partial charge in [-0.25, -0.2) is 13.1 Å². The van der Waals surface area contributed by atoms with Gasteiger partial charge in [0.1, 0.15) is 17.2 Å². The third-order valence-electron chi connectivity index (χ3n) is 2.76. The number of hydrogen-bond acceptors (Lipinski definition) is 5. The number of halogens is 1. The minimum Gasteiger partial charge on any atom is -0.497 e. The lowest BCUT2D eigenvalue weighted by Gasteiger charge is -2.09. The van der Waals surface area contributed by atoms with Crippen LogP contribution < -0.4 is 14.2 Å². The fourth-order valence-electron chi connectivity index (χ4n) is 1.72. The van der Waals surface area contributed by atoms with Crippen LogP contribution in [0.3, 0.4) is 0 Å². The predicted molar refractivity (Wildman–Crippen MR) is 86.8 cm³/mol. The second kappa shape index (κ2) is 6.89. The van der Waals surface area contributed by atoms with Crippen LogP contribution in [0.25, 0.3) is 0 Å². The van der Waals surface area contributed by atoms with Crippen molar-refractivity contribution in [2.75, 3.05) is 13.4 Å². The monoisotopic (exact) mass is 355 g/mol. The fourth-order valence-corrected chi connectivity index (χ4v) is 2.40. The molecule has 8 heteroatoms. The Bertz CT molecular complexity index is 818. The van der Waals surface area contributed by atoms with Gasteiger partial charge >= 0.3 is 0 Å². The first-order valence-corrected chi connectivity index (χ1v) is 8.69. The number of nitrogens with one attached hydrogen (secondary N) is 1. The van der Waals surface area contributed by atoms with Crippen molar-refractivity contribution in [1.82, 2.24) is 4.72 Å². The second-order valence-corrected chi connectivity index (χ2v) is 6.78. The standard InChI is InChI=1S/C15H14ClNO5S/c1-21-11-4-6-12(7-5-11)22-14-8-3-10(9-13(14)16)15(18)17-23(2,19)20/h3-9H,1-2H3,(H,17,18). The summed E-state index contributed by atoms with van der Waals surface area (Å²) in [5.41, 5.74) is 0.113. The number of benzene rings is 2. The van der Waals surface area contributed by atoms with Crippen LogP contribution in [0.2, 0.25) is 5.02 Å². The Morgan fingerprint density at radius 2 is 1.70 bits per heavy atom. The van der Waals surface area contributed by atoms with Crippen molar-refractivity contribution in [3.63, 3.8) is 0 Å². The van der Waals surface area contributed by atoms with Crippen LogP contribution in [0.4, 0.5) is 0 Å². The third kappa shape index (κ3) is 4.87. The molecule has 0 bridgehead atoms. The summed E-state index contributed by atoms with van der Waals surface area (Å²) in [5, 5.41) is 0.182. The van der Waals surface area contributed by atoms with Crippen molar-refractivity contribution in [3.8, 4) is 17.2 Å². The van der Waals surface area contributed by atoms with Crippen molar-refractivity contribution in [3.05, 3.63) is 53.1 Å². The van der Waals surface area contributed by atoms with Gasteiger partial charge in [-0.15, -0.1) is 0 Å². The highest BCUT2D eigenvalue weighted by molar-refractivity contribution is 7.89. The normalized spacial score (nSPS) is 10.9. The molecule has 6 nitrogen and oxygen atoms in total. The van der Waals surface area contributed by atoms with Gasteiger partial charge in [-0.2, -0.15) is 0 Å². The number of hydrogen-bond donors (Lipinski definition) is 1. The molecule has 0 aliphatic heterocycles. The summed E-state index contributed by atoms with van der Waals surface area (Å²) >= 11 is 6.07. The van der Waals surface area contributed by atoms with Gasteiger partial charge < -0.3 is 9.47 Å². The highest BCUT2D eigenvalue weighted by atomic mass is 35.5. The lowest BCUT2D eigenvalue weighted by atomic mass is 10.2. The molecule has 2 aromatic carbocycles. The number of amides is 1. The molecule has 0 unspecified atom stereocenters. The fraction of sp³-hybridized carbons (Fsp3) is 0.133. The van der Waals surface area contributed by atoms with Crippen LogP contribution in [0.5, 0.6) is 17.2 Å². The lowest BCUT2D eigenvalue weighted by molar-refractivity contribution is 0.0981. The van der Waals surface area contributed by atoms with Crippen molar-refractivity contribution in [2.45, 2.75) is 0 Å². The summed E-state index contributed by atoms with van der Waals surface area (Å²) in [6.45, 7) is 0. The maximum atomic E-state index is 11.7. The highest BCUT2D eigenvalue weighted by Crippen LogP contribution is 2.31. The van der Waals surface area contributed by atoms with Gasteiger partial charge in [-0.05, 0) is 42.5 Å². The Balaban J connectivity index is 2.17. The molecule has 0 atom stereocenters. The molecule has 2 rings (SSSR count). The molecule has 0 heterocycles. The summed E-state index contributed by atoms with van der Waals surface area (Å²) in [6.07, 6.45) is 0.896. The molecule has 0 aliphatic carbocycles. The van der Waals surface area contributed by atoms with Crippen LogP contribution in [-0.4, -0.2) is 27.7 Å². The van der Waals surface area contributed by atoms with E-state index in [1.54, 1.807) is 31.4 Å². The largest absolute Gasteiger partial charge is 0.497 e. The van der Waals surface area contributed by atoms with Gasteiger partial charge in [-0.1, -0.05) is 11.6 Å². The van der Waals surface area contributed by atoms with E-state index in [-0.39, 0.29) is 10.6 Å². The maximum absolute atomic E-state index is 11.7. The SMILES string of the molecule is COc1ccc(Oc2ccc(C(=O)NS(C)(=O)=O)cc2Cl)cc1. The number of ether oxygens (including phenoxy) is 2. The topological polar surface area (TPSA) is 81.7 Å². The molecule has 0 radical (unpaired) electrons. The Labute approximate surface area is 139 Å². The van der Waals surface area contributed by atoms with Crippen LogP contribution in [0.1, 0.15) is 10.4 Å². The highest BCUT2D eigenvalue weighted by Gasteiger charge is 2.13. The maximum Gasteiger partial charge on any atom is 0.264 e. The van der Waals surface area contributed by atoms with E-state index in [1.165, 1.54) is 18.2 Å². The van der Waals surface area contributed by atoms with E-state index in [1.807, 2.05) is 4.72 Å². The van der Waals surface area contributed by atoms with Gasteiger partial charge in [0.05, 0.1) is 18.4 Å². The van der Waals surface area contributed by atoms with Gasteiger partial charge in [0.15, 0.2) is 0 Å². The Morgan fingerprint density at radius 3 is 2.22 bits per heavy atom. The van der Waals surface area contributed by atoms with Crippen LogP contribution in [0.15, 0.2) is 42.5 Å². The predicted octanol–water partition coefficient (Wildman–Crippen LogP) is 2.83. The molecule has 2 aromatic rings. The van der Waals surface area contributed by atoms with Crippen LogP contribution in [-0.2, 0) is 10.0 Å². The molecule has 0 saturated carbocycles. The number of rotatable bonds is 5. The van der Waals surface area contributed by atoms with Gasteiger partial charge in [0.2, 0.25) is 10.0 Å². The zero-order chi connectivity index (χ0) is 17.0. The average molecular weight is 356 g/mol. The first-order chi connectivity index (χ1) is 10.8.